The van der Waals surface area contributed by atoms with Crippen LogP contribution in [0.5, 0.6) is 5.75 Å². The third-order valence-corrected chi connectivity index (χ3v) is 4.27. The van der Waals surface area contributed by atoms with Crippen LogP contribution in [0.3, 0.4) is 0 Å². The molecule has 4 rings (SSSR count). The van der Waals surface area contributed by atoms with Gasteiger partial charge < -0.3 is 21.9 Å². The van der Waals surface area contributed by atoms with E-state index in [2.05, 4.69) is 15.4 Å². The van der Waals surface area contributed by atoms with Crippen molar-refractivity contribution in [2.24, 2.45) is 5.73 Å². The Morgan fingerprint density at radius 1 is 1.36 bits per heavy atom. The van der Waals surface area contributed by atoms with Crippen molar-refractivity contribution in [3.05, 3.63) is 54.0 Å². The van der Waals surface area contributed by atoms with Crippen molar-refractivity contribution < 1.29 is 5.11 Å². The molecule has 3 aromatic rings. The first-order valence-electron chi connectivity index (χ1n) is 8.23. The van der Waals surface area contributed by atoms with Crippen LogP contribution in [0, 0.1) is 0 Å². The highest BCUT2D eigenvalue weighted by Gasteiger charge is 2.23. The van der Waals surface area contributed by atoms with E-state index in [0.717, 1.165) is 16.6 Å². The number of benzene rings is 1. The van der Waals surface area contributed by atoms with Gasteiger partial charge in [0.05, 0.1) is 24.0 Å². The summed E-state index contributed by atoms with van der Waals surface area (Å²) in [6.45, 7) is 0.587. The molecule has 0 saturated heterocycles. The molecule has 0 radical (unpaired) electrons. The first-order chi connectivity index (χ1) is 12.1. The second kappa shape index (κ2) is 6.01. The summed E-state index contributed by atoms with van der Waals surface area (Å²) < 4.78 is 2.02. The number of anilines is 1. The monoisotopic (exact) mass is 336 g/mol. The van der Waals surface area contributed by atoms with E-state index in [1.165, 1.54) is 12.8 Å². The third kappa shape index (κ3) is 3.08. The average Bonchev–Trinajstić information content (AvgIpc) is 3.34. The van der Waals surface area contributed by atoms with Crippen molar-refractivity contribution in [3.8, 4) is 5.75 Å². The van der Waals surface area contributed by atoms with Gasteiger partial charge in [-0.15, -0.1) is 0 Å². The first kappa shape index (κ1) is 15.3. The molecule has 6 N–H and O–H groups in total. The normalized spacial score (nSPS) is 14.8. The summed E-state index contributed by atoms with van der Waals surface area (Å²) in [6, 6.07) is 9.48. The number of nitrogens with one attached hydrogen (secondary N) is 1. The molecule has 1 saturated carbocycles. The molecule has 2 aromatic heterocycles. The fourth-order valence-corrected chi connectivity index (χ4v) is 2.85. The summed E-state index contributed by atoms with van der Waals surface area (Å²) in [7, 11) is 0. The molecule has 0 unspecified atom stereocenters. The second-order valence-electron chi connectivity index (χ2n) is 6.27. The van der Waals surface area contributed by atoms with Gasteiger partial charge in [-0.1, -0.05) is 12.1 Å². The van der Waals surface area contributed by atoms with E-state index in [4.69, 9.17) is 11.5 Å². The zero-order valence-corrected chi connectivity index (χ0v) is 13.7. The van der Waals surface area contributed by atoms with Crippen molar-refractivity contribution in [3.63, 3.8) is 0 Å². The Morgan fingerprint density at radius 3 is 3.00 bits per heavy atom. The van der Waals surface area contributed by atoms with Gasteiger partial charge in [0, 0.05) is 23.3 Å². The van der Waals surface area contributed by atoms with Gasteiger partial charge in [-0.05, 0) is 31.0 Å². The lowest BCUT2D eigenvalue weighted by atomic mass is 10.1. The average molecular weight is 336 g/mol. The zero-order chi connectivity index (χ0) is 17.4. The Kier molecular flexibility index (Phi) is 3.68. The zero-order valence-electron chi connectivity index (χ0n) is 13.7. The van der Waals surface area contributed by atoms with Gasteiger partial charge in [-0.3, -0.25) is 4.68 Å². The fourth-order valence-electron chi connectivity index (χ4n) is 2.85. The summed E-state index contributed by atoms with van der Waals surface area (Å²) in [5.74, 6) is 0.390. The predicted molar refractivity (Wildman–Crippen MR) is 97.3 cm³/mol. The highest BCUT2D eigenvalue weighted by Crippen LogP contribution is 2.34. The number of nitrogens with two attached hydrogens (primary N) is 2. The van der Waals surface area contributed by atoms with E-state index in [-0.39, 0.29) is 5.75 Å². The molecule has 2 heterocycles. The number of pyridine rings is 1. The smallest absolute Gasteiger partial charge is 0.141 e. The van der Waals surface area contributed by atoms with Crippen LogP contribution in [0.1, 0.15) is 30.1 Å². The van der Waals surface area contributed by atoms with E-state index >= 15 is 0 Å². The lowest BCUT2D eigenvalue weighted by Crippen LogP contribution is -2.10. The molecule has 0 amide bonds. The van der Waals surface area contributed by atoms with Crippen LogP contribution in [0.2, 0.25) is 0 Å². The molecule has 25 heavy (non-hydrogen) atoms. The molecule has 1 aromatic carbocycles. The molecule has 7 nitrogen and oxygen atoms in total. The molecule has 128 valence electrons. The number of aromatic nitrogens is 3. The maximum atomic E-state index is 9.97. The van der Waals surface area contributed by atoms with Crippen LogP contribution in [0.15, 0.2) is 42.7 Å². The van der Waals surface area contributed by atoms with Crippen molar-refractivity contribution in [2.75, 3.05) is 5.73 Å². The van der Waals surface area contributed by atoms with Gasteiger partial charge in [0.15, 0.2) is 0 Å². The molecule has 1 aliphatic rings. The van der Waals surface area contributed by atoms with E-state index in [1.807, 2.05) is 23.0 Å². The van der Waals surface area contributed by atoms with Crippen LogP contribution < -0.4 is 16.8 Å². The number of hydrogen-bond donors (Lipinski definition) is 4. The van der Waals surface area contributed by atoms with E-state index in [9.17, 15) is 5.11 Å². The maximum Gasteiger partial charge on any atom is 0.141 e. The van der Waals surface area contributed by atoms with Crippen molar-refractivity contribution in [1.82, 2.24) is 20.1 Å². The van der Waals surface area contributed by atoms with Gasteiger partial charge in [0.25, 0.3) is 0 Å². The topological polar surface area (TPSA) is 115 Å². The van der Waals surface area contributed by atoms with Crippen molar-refractivity contribution in [1.29, 1.82) is 0 Å². The fraction of sp³-hybridized carbons (Fsp3) is 0.222. The SMILES string of the molecule is N/C(=C\NCc1ccn(C2CC2)n1)c1cc(N)nc2c(O)cccc12. The van der Waals surface area contributed by atoms with Gasteiger partial charge in [-0.25, -0.2) is 4.98 Å². The van der Waals surface area contributed by atoms with E-state index < -0.39 is 0 Å². The maximum absolute atomic E-state index is 9.97. The summed E-state index contributed by atoms with van der Waals surface area (Å²) in [5.41, 5.74) is 14.7. The lowest BCUT2D eigenvalue weighted by molar-refractivity contribution is 0.480. The van der Waals surface area contributed by atoms with Crippen LogP contribution in [0.25, 0.3) is 16.6 Å². The summed E-state index contributed by atoms with van der Waals surface area (Å²) in [4.78, 5) is 4.18. The predicted octanol–water partition coefficient (Wildman–Crippen LogP) is 2.10. The highest BCUT2D eigenvalue weighted by molar-refractivity contribution is 5.95. The Morgan fingerprint density at radius 2 is 2.20 bits per heavy atom. The number of hydrogen-bond acceptors (Lipinski definition) is 6. The molecular weight excluding hydrogens is 316 g/mol. The van der Waals surface area contributed by atoms with Gasteiger partial charge in [-0.2, -0.15) is 5.10 Å². The molecule has 0 aliphatic heterocycles. The number of para-hydroxylation sites is 1. The molecule has 0 bridgehead atoms. The second-order valence-corrected chi connectivity index (χ2v) is 6.27. The molecule has 7 heteroatoms. The van der Waals surface area contributed by atoms with Gasteiger partial charge in [0.1, 0.15) is 17.1 Å². The Bertz CT molecular complexity index is 957. The standard InChI is InChI=1S/C18H20N6O/c19-15(10-21-9-11-6-7-24(23-11)12-4-5-12)14-8-17(20)22-18-13(14)2-1-3-16(18)25/h1-3,6-8,10,12,21,25H,4-5,9,19H2,(H2,20,22)/b15-10-. The third-order valence-electron chi connectivity index (χ3n) is 4.27. The molecule has 0 atom stereocenters. The molecular formula is C18H20N6O. The number of rotatable bonds is 5. The van der Waals surface area contributed by atoms with E-state index in [0.29, 0.717) is 29.6 Å². The quantitative estimate of drug-likeness (QED) is 0.567. The number of nitrogen functional groups attached to an aromatic ring is 1. The van der Waals surface area contributed by atoms with Gasteiger partial charge in [0.2, 0.25) is 0 Å². The lowest BCUT2D eigenvalue weighted by Gasteiger charge is -2.09. The minimum absolute atomic E-state index is 0.0809. The Labute approximate surface area is 145 Å². The summed E-state index contributed by atoms with van der Waals surface area (Å²) >= 11 is 0. The van der Waals surface area contributed by atoms with Crippen molar-refractivity contribution in [2.45, 2.75) is 25.4 Å². The number of phenolic OH excluding ortho intramolecular Hbond substituents is 1. The number of nitrogens with zero attached hydrogens (tertiary/aromatic N) is 3. The molecule has 0 spiro atoms. The Balaban J connectivity index is 1.55. The van der Waals surface area contributed by atoms with Crippen molar-refractivity contribution >= 4 is 22.4 Å². The molecule has 1 aliphatic carbocycles. The van der Waals surface area contributed by atoms with Crippen LogP contribution in [0.4, 0.5) is 5.82 Å². The number of fused-ring (bicyclic) bond motifs is 1. The Hall–Kier alpha value is -3.22. The van der Waals surface area contributed by atoms with E-state index in [1.54, 1.807) is 24.4 Å². The van der Waals surface area contributed by atoms with Gasteiger partial charge >= 0.3 is 0 Å². The van der Waals surface area contributed by atoms with Crippen LogP contribution >= 0.6 is 0 Å². The first-order valence-corrected chi connectivity index (χ1v) is 8.23. The number of aromatic hydroxyl groups is 1. The highest BCUT2D eigenvalue weighted by atomic mass is 16.3. The largest absolute Gasteiger partial charge is 0.506 e. The summed E-state index contributed by atoms with van der Waals surface area (Å²) in [6.07, 6.45) is 6.17. The summed E-state index contributed by atoms with van der Waals surface area (Å²) in [5, 5.41) is 18.5. The minimum atomic E-state index is 0.0809. The van der Waals surface area contributed by atoms with Crippen LogP contribution in [-0.4, -0.2) is 19.9 Å². The van der Waals surface area contributed by atoms with Crippen LogP contribution in [-0.2, 0) is 6.54 Å². The minimum Gasteiger partial charge on any atom is -0.506 e. The number of phenols is 1. The molecule has 1 fully saturated rings.